The molecule has 178 valence electrons. The standard InChI is InChI=1S/C23H25BF2N4O4/c1-13-16(11-28-30(13)6)17(24-33-22(2,3)23(4,5)34-24)12-27-21(31)19-10-20(32-29-19)15-8-7-14(25)9-18(15)26/h7-12H,1-6H3,(H,27,31). The zero-order chi connectivity index (χ0) is 24.8. The van der Waals surface area contributed by atoms with Crippen molar-refractivity contribution in [3.63, 3.8) is 0 Å². The fourth-order valence-corrected chi connectivity index (χ4v) is 3.44. The summed E-state index contributed by atoms with van der Waals surface area (Å²) in [6.45, 7) is 9.63. The molecule has 1 aliphatic rings. The van der Waals surface area contributed by atoms with Gasteiger partial charge in [-0.3, -0.25) is 9.48 Å². The van der Waals surface area contributed by atoms with E-state index in [0.717, 1.165) is 23.4 Å². The van der Waals surface area contributed by atoms with Gasteiger partial charge in [0.05, 0.1) is 23.0 Å². The predicted molar refractivity (Wildman–Crippen MR) is 121 cm³/mol. The second-order valence-electron chi connectivity index (χ2n) is 9.13. The molecular weight excluding hydrogens is 445 g/mol. The SMILES string of the molecule is Cc1c(C(=CNC(=O)c2cc(-c3ccc(F)cc3F)on2)B2OC(C)(C)C(C)(C)O2)cnn1C. The Bertz CT molecular complexity index is 1270. The molecule has 0 atom stereocenters. The van der Waals surface area contributed by atoms with Crippen LogP contribution in [0.2, 0.25) is 0 Å². The number of hydrogen-bond acceptors (Lipinski definition) is 6. The molecule has 0 spiro atoms. The molecule has 1 aliphatic heterocycles. The molecular formula is C23H25BF2N4O4. The van der Waals surface area contributed by atoms with E-state index in [-0.39, 0.29) is 17.0 Å². The lowest BCUT2D eigenvalue weighted by atomic mass is 9.74. The maximum Gasteiger partial charge on any atom is 0.497 e. The van der Waals surface area contributed by atoms with Crippen LogP contribution in [0, 0.1) is 18.6 Å². The Hall–Kier alpha value is -3.31. The van der Waals surface area contributed by atoms with E-state index in [1.165, 1.54) is 18.3 Å². The first-order valence-electron chi connectivity index (χ1n) is 10.7. The Morgan fingerprint density at radius 2 is 1.82 bits per heavy atom. The Kier molecular flexibility index (Phi) is 5.95. The largest absolute Gasteiger partial charge is 0.497 e. The maximum atomic E-state index is 14.1. The average Bonchev–Trinajstić information content (AvgIpc) is 3.41. The summed E-state index contributed by atoms with van der Waals surface area (Å²) in [5, 5.41) is 10.7. The van der Waals surface area contributed by atoms with Crippen LogP contribution < -0.4 is 5.32 Å². The van der Waals surface area contributed by atoms with Crippen molar-refractivity contribution in [2.75, 3.05) is 0 Å². The van der Waals surface area contributed by atoms with E-state index in [1.807, 2.05) is 41.7 Å². The minimum absolute atomic E-state index is 0.000848. The molecule has 4 rings (SSSR count). The van der Waals surface area contributed by atoms with E-state index in [0.29, 0.717) is 5.47 Å². The highest BCUT2D eigenvalue weighted by Crippen LogP contribution is 2.40. The van der Waals surface area contributed by atoms with Crippen molar-refractivity contribution in [3.8, 4) is 11.3 Å². The number of carbonyl (C=O) groups is 1. The van der Waals surface area contributed by atoms with E-state index in [9.17, 15) is 13.6 Å². The Morgan fingerprint density at radius 1 is 1.15 bits per heavy atom. The number of hydrogen-bond donors (Lipinski definition) is 1. The van der Waals surface area contributed by atoms with Gasteiger partial charge < -0.3 is 19.1 Å². The summed E-state index contributed by atoms with van der Waals surface area (Å²) in [6, 6.07) is 4.32. The lowest BCUT2D eigenvalue weighted by Crippen LogP contribution is -2.41. The van der Waals surface area contributed by atoms with Crippen LogP contribution in [0.3, 0.4) is 0 Å². The van der Waals surface area contributed by atoms with Crippen molar-refractivity contribution < 1.29 is 27.4 Å². The minimum atomic E-state index is -0.821. The van der Waals surface area contributed by atoms with Gasteiger partial charge >= 0.3 is 7.12 Å². The quantitative estimate of drug-likeness (QED) is 0.566. The first-order chi connectivity index (χ1) is 15.9. The fraction of sp³-hybridized carbons (Fsp3) is 0.348. The van der Waals surface area contributed by atoms with Crippen molar-refractivity contribution in [1.29, 1.82) is 0 Å². The van der Waals surface area contributed by atoms with Gasteiger partial charge in [0.15, 0.2) is 11.5 Å². The van der Waals surface area contributed by atoms with Gasteiger partial charge in [0.25, 0.3) is 5.91 Å². The number of aromatic nitrogens is 3. The second-order valence-corrected chi connectivity index (χ2v) is 9.13. The molecule has 0 aliphatic carbocycles. The van der Waals surface area contributed by atoms with E-state index >= 15 is 0 Å². The number of aryl methyl sites for hydroxylation is 1. The molecule has 11 heteroatoms. The van der Waals surface area contributed by atoms with Crippen LogP contribution in [0.5, 0.6) is 0 Å². The molecule has 1 aromatic carbocycles. The number of benzene rings is 1. The van der Waals surface area contributed by atoms with Gasteiger partial charge in [0.2, 0.25) is 0 Å². The van der Waals surface area contributed by atoms with Gasteiger partial charge in [0.1, 0.15) is 11.6 Å². The molecule has 1 saturated heterocycles. The van der Waals surface area contributed by atoms with Crippen LogP contribution in [0.15, 0.2) is 41.2 Å². The van der Waals surface area contributed by atoms with E-state index < -0.39 is 35.9 Å². The number of rotatable bonds is 5. The number of carbonyl (C=O) groups excluding carboxylic acids is 1. The summed E-state index contributed by atoms with van der Waals surface area (Å²) in [7, 11) is 1.06. The lowest BCUT2D eigenvalue weighted by molar-refractivity contribution is 0.00578. The van der Waals surface area contributed by atoms with Crippen molar-refractivity contribution in [1.82, 2.24) is 20.3 Å². The van der Waals surface area contributed by atoms with Gasteiger partial charge in [-0.25, -0.2) is 8.78 Å². The summed E-state index contributed by atoms with van der Waals surface area (Å²) in [5.41, 5.74) is 0.916. The zero-order valence-electron chi connectivity index (χ0n) is 19.8. The summed E-state index contributed by atoms with van der Waals surface area (Å²) >= 11 is 0. The van der Waals surface area contributed by atoms with E-state index in [1.54, 1.807) is 10.9 Å². The molecule has 34 heavy (non-hydrogen) atoms. The molecule has 2 aromatic heterocycles. The molecule has 1 N–H and O–H groups in total. The molecule has 0 bridgehead atoms. The number of halogens is 2. The smallest absolute Gasteiger partial charge is 0.399 e. The fourth-order valence-electron chi connectivity index (χ4n) is 3.44. The Balaban J connectivity index is 1.61. The summed E-state index contributed by atoms with van der Waals surface area (Å²) in [4.78, 5) is 12.8. The Morgan fingerprint density at radius 3 is 2.41 bits per heavy atom. The van der Waals surface area contributed by atoms with Crippen LogP contribution in [0.4, 0.5) is 8.78 Å². The van der Waals surface area contributed by atoms with Gasteiger partial charge in [-0.05, 0) is 46.8 Å². The van der Waals surface area contributed by atoms with Crippen LogP contribution in [-0.4, -0.2) is 39.2 Å². The summed E-state index contributed by atoms with van der Waals surface area (Å²) < 4.78 is 46.4. The molecule has 3 heterocycles. The highest BCUT2D eigenvalue weighted by Gasteiger charge is 2.53. The first kappa shape index (κ1) is 23.8. The monoisotopic (exact) mass is 470 g/mol. The molecule has 0 unspecified atom stereocenters. The third-order valence-electron chi connectivity index (χ3n) is 6.35. The lowest BCUT2D eigenvalue weighted by Gasteiger charge is -2.32. The van der Waals surface area contributed by atoms with Crippen molar-refractivity contribution in [2.24, 2.45) is 7.05 Å². The van der Waals surface area contributed by atoms with Crippen molar-refractivity contribution in [2.45, 2.75) is 45.8 Å². The van der Waals surface area contributed by atoms with E-state index in [4.69, 9.17) is 13.8 Å². The number of amides is 1. The molecule has 1 fully saturated rings. The van der Waals surface area contributed by atoms with Crippen molar-refractivity contribution >= 4 is 18.5 Å². The summed E-state index contributed by atoms with van der Waals surface area (Å²) in [5.74, 6) is -2.13. The third kappa shape index (κ3) is 4.28. The highest BCUT2D eigenvalue weighted by atomic mass is 19.1. The first-order valence-corrected chi connectivity index (χ1v) is 10.7. The van der Waals surface area contributed by atoms with Crippen LogP contribution >= 0.6 is 0 Å². The molecule has 0 radical (unpaired) electrons. The minimum Gasteiger partial charge on any atom is -0.399 e. The van der Waals surface area contributed by atoms with Crippen LogP contribution in [0.1, 0.15) is 49.4 Å². The third-order valence-corrected chi connectivity index (χ3v) is 6.35. The Labute approximate surface area is 196 Å². The highest BCUT2D eigenvalue weighted by molar-refractivity contribution is 6.69. The number of nitrogens with zero attached hydrogens (tertiary/aromatic N) is 3. The normalized spacial score (nSPS) is 17.3. The topological polar surface area (TPSA) is 91.4 Å². The molecule has 8 nitrogen and oxygen atoms in total. The maximum absolute atomic E-state index is 14.1. The molecule has 0 saturated carbocycles. The average molecular weight is 470 g/mol. The molecule has 3 aromatic rings. The number of nitrogens with one attached hydrogen (secondary N) is 1. The predicted octanol–water partition coefficient (Wildman–Crippen LogP) is 4.06. The molecule has 1 amide bonds. The van der Waals surface area contributed by atoms with Crippen LogP contribution in [-0.2, 0) is 16.4 Å². The summed E-state index contributed by atoms with van der Waals surface area (Å²) in [6.07, 6.45) is 3.16. The van der Waals surface area contributed by atoms with Crippen LogP contribution in [0.25, 0.3) is 16.8 Å². The van der Waals surface area contributed by atoms with Gasteiger partial charge in [-0.1, -0.05) is 5.16 Å². The van der Waals surface area contributed by atoms with Gasteiger partial charge in [-0.15, -0.1) is 0 Å². The van der Waals surface area contributed by atoms with Crippen molar-refractivity contribution in [3.05, 3.63) is 65.2 Å². The van der Waals surface area contributed by atoms with Gasteiger partial charge in [0, 0.05) is 42.1 Å². The van der Waals surface area contributed by atoms with E-state index in [2.05, 4.69) is 15.6 Å². The van der Waals surface area contributed by atoms with Gasteiger partial charge in [-0.2, -0.15) is 5.10 Å². The second kappa shape index (κ2) is 8.48. The zero-order valence-corrected chi connectivity index (χ0v) is 19.8.